The highest BCUT2D eigenvalue weighted by molar-refractivity contribution is 7.89. The number of aromatic nitrogens is 2. The summed E-state index contributed by atoms with van der Waals surface area (Å²) in [5.74, 6) is -0.185. The highest BCUT2D eigenvalue weighted by Gasteiger charge is 2.32. The molecule has 0 radical (unpaired) electrons. The predicted molar refractivity (Wildman–Crippen MR) is 132 cm³/mol. The second-order valence-corrected chi connectivity index (χ2v) is 11.5. The minimum Gasteiger partial charge on any atom is -0.307 e. The van der Waals surface area contributed by atoms with Gasteiger partial charge in [0.1, 0.15) is 6.54 Å². The third kappa shape index (κ3) is 3.58. The van der Waals surface area contributed by atoms with Crippen LogP contribution in [0.5, 0.6) is 0 Å². The van der Waals surface area contributed by atoms with Gasteiger partial charge in [-0.05, 0) is 69.9 Å². The van der Waals surface area contributed by atoms with Crippen LogP contribution in [0.4, 0.5) is 5.69 Å². The lowest BCUT2D eigenvalue weighted by Gasteiger charge is -2.23. The van der Waals surface area contributed by atoms with E-state index in [-0.39, 0.29) is 35.1 Å². The number of amides is 1. The van der Waals surface area contributed by atoms with E-state index in [1.807, 2.05) is 45.0 Å². The molecule has 3 aromatic rings. The first-order valence-electron chi connectivity index (χ1n) is 11.8. The summed E-state index contributed by atoms with van der Waals surface area (Å²) in [6.45, 7) is 6.66. The fraction of sp³-hybridized carbons (Fsp3) is 0.440. The van der Waals surface area contributed by atoms with Crippen molar-refractivity contribution in [3.63, 3.8) is 0 Å². The maximum atomic E-state index is 13.5. The molecule has 9 heteroatoms. The number of fused-ring (bicyclic) bond motifs is 2. The lowest BCUT2D eigenvalue weighted by molar-refractivity contribution is -0.119. The fourth-order valence-corrected chi connectivity index (χ4v) is 6.84. The topological polar surface area (TPSA) is 84.6 Å². The zero-order chi connectivity index (χ0) is 24.2. The molecule has 5 rings (SSSR count). The number of carbonyl (C=O) groups is 1. The molecule has 0 aliphatic carbocycles. The van der Waals surface area contributed by atoms with E-state index < -0.39 is 10.0 Å². The Labute approximate surface area is 199 Å². The van der Waals surface area contributed by atoms with Crippen molar-refractivity contribution in [1.82, 2.24) is 13.4 Å². The van der Waals surface area contributed by atoms with Gasteiger partial charge < -0.3 is 4.90 Å². The van der Waals surface area contributed by atoms with Crippen molar-refractivity contribution in [2.75, 3.05) is 18.0 Å². The van der Waals surface area contributed by atoms with E-state index in [0.29, 0.717) is 24.1 Å². The Morgan fingerprint density at radius 2 is 1.76 bits per heavy atom. The van der Waals surface area contributed by atoms with Crippen LogP contribution in [0.1, 0.15) is 45.2 Å². The highest BCUT2D eigenvalue weighted by Crippen LogP contribution is 2.32. The van der Waals surface area contributed by atoms with E-state index in [4.69, 9.17) is 0 Å². The molecule has 2 aliphatic heterocycles. The van der Waals surface area contributed by atoms with Crippen molar-refractivity contribution in [3.8, 4) is 0 Å². The van der Waals surface area contributed by atoms with Gasteiger partial charge in [0.05, 0.1) is 15.9 Å². The Hall–Kier alpha value is -2.91. The molecule has 1 atom stereocenters. The molecule has 0 N–H and O–H groups in total. The van der Waals surface area contributed by atoms with E-state index in [9.17, 15) is 18.0 Å². The molecule has 2 aromatic carbocycles. The molecule has 1 fully saturated rings. The summed E-state index contributed by atoms with van der Waals surface area (Å²) in [5, 5.41) is 0. The molecule has 8 nitrogen and oxygen atoms in total. The number of benzene rings is 2. The second kappa shape index (κ2) is 8.39. The zero-order valence-corrected chi connectivity index (χ0v) is 20.6. The molecular weight excluding hydrogens is 452 g/mol. The van der Waals surface area contributed by atoms with Gasteiger partial charge in [-0.15, -0.1) is 0 Å². The summed E-state index contributed by atoms with van der Waals surface area (Å²) in [4.78, 5) is 28.8. The van der Waals surface area contributed by atoms with E-state index in [1.165, 1.54) is 8.87 Å². The number of para-hydroxylation sites is 1. The van der Waals surface area contributed by atoms with Crippen LogP contribution in [0, 0.1) is 0 Å². The van der Waals surface area contributed by atoms with Gasteiger partial charge in [-0.2, -0.15) is 4.31 Å². The molecule has 2 aliphatic rings. The minimum absolute atomic E-state index is 0.00911. The number of hydrogen-bond acceptors (Lipinski definition) is 4. The number of sulfonamides is 1. The van der Waals surface area contributed by atoms with Crippen molar-refractivity contribution in [1.29, 1.82) is 0 Å². The van der Waals surface area contributed by atoms with Crippen molar-refractivity contribution in [2.24, 2.45) is 0 Å². The number of carbonyl (C=O) groups excluding carboxylic acids is 1. The van der Waals surface area contributed by atoms with Crippen LogP contribution in [0.15, 0.2) is 52.2 Å². The Balaban J connectivity index is 1.59. The van der Waals surface area contributed by atoms with Crippen LogP contribution >= 0.6 is 0 Å². The van der Waals surface area contributed by atoms with Gasteiger partial charge in [-0.25, -0.2) is 13.2 Å². The molecule has 34 heavy (non-hydrogen) atoms. The van der Waals surface area contributed by atoms with E-state index >= 15 is 0 Å². The molecule has 0 unspecified atom stereocenters. The largest absolute Gasteiger partial charge is 0.329 e. The summed E-state index contributed by atoms with van der Waals surface area (Å²) in [5.41, 5.74) is 2.77. The first kappa shape index (κ1) is 22.9. The minimum atomic E-state index is -3.65. The maximum absolute atomic E-state index is 13.5. The summed E-state index contributed by atoms with van der Waals surface area (Å²) in [6.07, 6.45) is 2.46. The molecule has 0 saturated carbocycles. The van der Waals surface area contributed by atoms with Gasteiger partial charge in [-0.1, -0.05) is 18.2 Å². The lowest BCUT2D eigenvalue weighted by Crippen LogP contribution is -2.40. The summed E-state index contributed by atoms with van der Waals surface area (Å²) in [6, 6.07) is 12.5. The van der Waals surface area contributed by atoms with Crippen LogP contribution in [0.25, 0.3) is 11.0 Å². The van der Waals surface area contributed by atoms with Crippen LogP contribution in [-0.4, -0.2) is 46.9 Å². The lowest BCUT2D eigenvalue weighted by atomic mass is 10.1. The highest BCUT2D eigenvalue weighted by atomic mass is 32.2. The van der Waals surface area contributed by atoms with Crippen molar-refractivity contribution >= 4 is 32.7 Å². The van der Waals surface area contributed by atoms with E-state index in [0.717, 1.165) is 30.5 Å². The van der Waals surface area contributed by atoms with Gasteiger partial charge >= 0.3 is 5.69 Å². The van der Waals surface area contributed by atoms with Crippen LogP contribution in [-0.2, 0) is 27.8 Å². The summed E-state index contributed by atoms with van der Waals surface area (Å²) < 4.78 is 30.9. The molecule has 1 saturated heterocycles. The number of nitrogens with zero attached hydrogens (tertiary/aromatic N) is 4. The quantitative estimate of drug-likeness (QED) is 0.559. The average Bonchev–Trinajstić information content (AvgIpc) is 3.50. The number of hydrogen-bond donors (Lipinski definition) is 0. The van der Waals surface area contributed by atoms with E-state index in [2.05, 4.69) is 0 Å². The van der Waals surface area contributed by atoms with Gasteiger partial charge in [0.25, 0.3) is 0 Å². The van der Waals surface area contributed by atoms with Crippen LogP contribution in [0.3, 0.4) is 0 Å². The average molecular weight is 483 g/mol. The third-order valence-corrected chi connectivity index (χ3v) is 8.82. The number of rotatable bonds is 5. The molecule has 0 bridgehead atoms. The van der Waals surface area contributed by atoms with Crippen molar-refractivity contribution in [3.05, 3.63) is 58.5 Å². The number of imidazole rings is 1. The Bertz CT molecular complexity index is 1430. The molecule has 1 amide bonds. The second-order valence-electron chi connectivity index (χ2n) is 9.54. The Morgan fingerprint density at radius 1 is 1.06 bits per heavy atom. The normalized spacial score (nSPS) is 18.8. The number of anilines is 1. The standard InChI is InChI=1S/C25H30N4O4S/c1-17(2)28-22-11-10-20(34(32,33)26-12-6-7-13-26)15-23(22)27(25(28)31)16-24(30)29-18(3)14-19-8-4-5-9-21(19)29/h4-5,8-11,15,17-18H,6-7,12-14,16H2,1-3H3/t18-/m1/s1. The molecule has 3 heterocycles. The first-order valence-corrected chi connectivity index (χ1v) is 13.3. The van der Waals surface area contributed by atoms with Gasteiger partial charge in [0.2, 0.25) is 15.9 Å². The smallest absolute Gasteiger partial charge is 0.307 e. The SMILES string of the molecule is CC(C)n1c(=O)n(CC(=O)N2c3ccccc3C[C@H]2C)c2cc(S(=O)(=O)N3CCCC3)ccc21. The van der Waals surface area contributed by atoms with Gasteiger partial charge in [0, 0.05) is 30.9 Å². The Morgan fingerprint density at radius 3 is 2.47 bits per heavy atom. The van der Waals surface area contributed by atoms with Crippen LogP contribution in [0.2, 0.25) is 0 Å². The Kier molecular flexibility index (Phi) is 5.64. The van der Waals surface area contributed by atoms with Gasteiger partial charge in [0.15, 0.2) is 0 Å². The zero-order valence-electron chi connectivity index (χ0n) is 19.8. The molecule has 180 valence electrons. The van der Waals surface area contributed by atoms with Crippen molar-refractivity contribution < 1.29 is 13.2 Å². The third-order valence-electron chi connectivity index (χ3n) is 6.92. The van der Waals surface area contributed by atoms with Crippen molar-refractivity contribution in [2.45, 2.75) is 63.6 Å². The first-order chi connectivity index (χ1) is 16.2. The van der Waals surface area contributed by atoms with Crippen LogP contribution < -0.4 is 10.6 Å². The monoisotopic (exact) mass is 482 g/mol. The molecule has 0 spiro atoms. The fourth-order valence-electron chi connectivity index (χ4n) is 5.31. The predicted octanol–water partition coefficient (Wildman–Crippen LogP) is 3.15. The van der Waals surface area contributed by atoms with E-state index in [1.54, 1.807) is 27.7 Å². The molecular formula is C25H30N4O4S. The summed E-state index contributed by atoms with van der Waals surface area (Å²) >= 11 is 0. The summed E-state index contributed by atoms with van der Waals surface area (Å²) in [7, 11) is -3.65. The molecule has 1 aromatic heterocycles. The van der Waals surface area contributed by atoms with Gasteiger partial charge in [-0.3, -0.25) is 13.9 Å². The maximum Gasteiger partial charge on any atom is 0.329 e.